The average molecular weight is 434 g/mol. The van der Waals surface area contributed by atoms with Gasteiger partial charge in [0.15, 0.2) is 0 Å². The molecule has 0 amide bonds. The lowest BCUT2D eigenvalue weighted by Gasteiger charge is -2.44. The van der Waals surface area contributed by atoms with Gasteiger partial charge in [-0.25, -0.2) is 14.4 Å². The minimum atomic E-state index is -0.526. The number of nitrogens with zero attached hydrogens (tertiary/aromatic N) is 1. The Hall–Kier alpha value is -3.94. The van der Waals surface area contributed by atoms with Crippen LogP contribution < -0.4 is 11.2 Å². The van der Waals surface area contributed by atoms with Crippen molar-refractivity contribution < 1.29 is 19.1 Å². The highest BCUT2D eigenvalue weighted by Gasteiger charge is 2.44. The number of benzene rings is 2. The summed E-state index contributed by atoms with van der Waals surface area (Å²) in [6, 6.07) is 18.3. The van der Waals surface area contributed by atoms with Crippen LogP contribution in [0.2, 0.25) is 0 Å². The number of carbonyl (C=O) groups is 2. The molecule has 0 spiro atoms. The van der Waals surface area contributed by atoms with Crippen molar-refractivity contribution in [2.45, 2.75) is 12.5 Å². The maximum absolute atomic E-state index is 12.4. The molecule has 0 unspecified atom stereocenters. The van der Waals surface area contributed by atoms with Crippen LogP contribution in [0.1, 0.15) is 33.2 Å². The molecular formula is C24H22N2O6. The van der Waals surface area contributed by atoms with Crippen molar-refractivity contribution >= 4 is 11.9 Å². The average Bonchev–Trinajstić information content (AvgIpc) is 2.80. The molecule has 1 aromatic heterocycles. The van der Waals surface area contributed by atoms with E-state index < -0.39 is 23.2 Å². The zero-order chi connectivity index (χ0) is 22.5. The summed E-state index contributed by atoms with van der Waals surface area (Å²) in [4.78, 5) is 50.6. The fraction of sp³-hybridized carbons (Fsp3) is 0.250. The lowest BCUT2D eigenvalue weighted by molar-refractivity contribution is -0.0330. The molecule has 0 saturated heterocycles. The molecule has 8 heteroatoms. The van der Waals surface area contributed by atoms with E-state index in [4.69, 9.17) is 9.47 Å². The van der Waals surface area contributed by atoms with E-state index in [1.807, 2.05) is 6.07 Å². The lowest BCUT2D eigenvalue weighted by Crippen LogP contribution is -2.48. The Balaban J connectivity index is 1.45. The number of nitrogens with one attached hydrogen (secondary N) is 1. The number of esters is 2. The standard InChI is InChI=1S/C24H22N2O6/c27-21-11-12-26(24(30)25-21)20-13-18(14-31-22(28)16-7-3-1-4-8-16)19(20)15-32-23(29)17-9-5-2-6-10-17/h1-12,18-20H,13-15H2,(H,25,27,30)/t18-,19-,20-/m0/s1. The Labute approximate surface area is 183 Å². The van der Waals surface area contributed by atoms with Crippen molar-refractivity contribution in [1.29, 1.82) is 0 Å². The molecule has 1 saturated carbocycles. The Kier molecular flexibility index (Phi) is 6.30. The van der Waals surface area contributed by atoms with Gasteiger partial charge in [0.25, 0.3) is 5.56 Å². The summed E-state index contributed by atoms with van der Waals surface area (Å²) in [6.45, 7) is 0.188. The van der Waals surface area contributed by atoms with Crippen molar-refractivity contribution in [3.8, 4) is 0 Å². The molecule has 164 valence electrons. The van der Waals surface area contributed by atoms with E-state index in [9.17, 15) is 19.2 Å². The fourth-order valence-electron chi connectivity index (χ4n) is 3.89. The van der Waals surface area contributed by atoms with Crippen molar-refractivity contribution in [3.05, 3.63) is 105 Å². The molecule has 8 nitrogen and oxygen atoms in total. The number of aromatic nitrogens is 2. The lowest BCUT2D eigenvalue weighted by atomic mass is 9.69. The first-order valence-corrected chi connectivity index (χ1v) is 10.3. The summed E-state index contributed by atoms with van der Waals surface area (Å²) in [5.74, 6) is -1.26. The quantitative estimate of drug-likeness (QED) is 0.573. The molecule has 3 atom stereocenters. The van der Waals surface area contributed by atoms with E-state index in [0.717, 1.165) is 0 Å². The molecule has 0 aliphatic heterocycles. The zero-order valence-electron chi connectivity index (χ0n) is 17.2. The summed E-state index contributed by atoms with van der Waals surface area (Å²) in [5, 5.41) is 0. The first kappa shape index (κ1) is 21.3. The first-order chi connectivity index (χ1) is 15.5. The highest BCUT2D eigenvalue weighted by atomic mass is 16.5. The molecule has 1 N–H and O–H groups in total. The van der Waals surface area contributed by atoms with Crippen LogP contribution in [0.25, 0.3) is 0 Å². The summed E-state index contributed by atoms with van der Waals surface area (Å²) in [6.07, 6.45) is 1.98. The number of hydrogen-bond acceptors (Lipinski definition) is 6. The van der Waals surface area contributed by atoms with Gasteiger partial charge in [-0.2, -0.15) is 0 Å². The van der Waals surface area contributed by atoms with Crippen LogP contribution in [0.3, 0.4) is 0 Å². The molecule has 32 heavy (non-hydrogen) atoms. The van der Waals surface area contributed by atoms with Gasteiger partial charge in [-0.05, 0) is 30.7 Å². The number of hydrogen-bond donors (Lipinski definition) is 1. The van der Waals surface area contributed by atoms with Crippen LogP contribution >= 0.6 is 0 Å². The summed E-state index contributed by atoms with van der Waals surface area (Å²) in [7, 11) is 0. The highest BCUT2D eigenvalue weighted by Crippen LogP contribution is 2.44. The van der Waals surface area contributed by atoms with Crippen LogP contribution in [-0.2, 0) is 9.47 Å². The van der Waals surface area contributed by atoms with Crippen molar-refractivity contribution in [2.75, 3.05) is 13.2 Å². The van der Waals surface area contributed by atoms with Crippen LogP contribution in [-0.4, -0.2) is 34.7 Å². The van der Waals surface area contributed by atoms with Gasteiger partial charge in [0.1, 0.15) is 0 Å². The van der Waals surface area contributed by atoms with Gasteiger partial charge in [-0.3, -0.25) is 14.3 Å². The molecule has 4 rings (SSSR count). The number of rotatable bonds is 7. The molecule has 1 fully saturated rings. The highest BCUT2D eigenvalue weighted by molar-refractivity contribution is 5.89. The largest absolute Gasteiger partial charge is 0.462 e. The predicted molar refractivity (Wildman–Crippen MR) is 115 cm³/mol. The Morgan fingerprint density at radius 3 is 1.97 bits per heavy atom. The second kappa shape index (κ2) is 9.47. The minimum Gasteiger partial charge on any atom is -0.462 e. The third-order valence-electron chi connectivity index (χ3n) is 5.71. The zero-order valence-corrected chi connectivity index (χ0v) is 17.2. The van der Waals surface area contributed by atoms with E-state index in [0.29, 0.717) is 17.5 Å². The summed E-state index contributed by atoms with van der Waals surface area (Å²) in [5.41, 5.74) is -0.128. The fourth-order valence-corrected chi connectivity index (χ4v) is 3.89. The van der Waals surface area contributed by atoms with E-state index in [2.05, 4.69) is 4.98 Å². The van der Waals surface area contributed by atoms with Gasteiger partial charge in [0.2, 0.25) is 0 Å². The summed E-state index contributed by atoms with van der Waals surface area (Å²) >= 11 is 0. The second-order valence-corrected chi connectivity index (χ2v) is 7.67. The third-order valence-corrected chi connectivity index (χ3v) is 5.71. The van der Waals surface area contributed by atoms with Gasteiger partial charge in [-0.15, -0.1) is 0 Å². The Morgan fingerprint density at radius 1 is 0.844 bits per heavy atom. The predicted octanol–water partition coefficient (Wildman–Crippen LogP) is 2.43. The minimum absolute atomic E-state index is 0.0531. The SMILES string of the molecule is O=C(OC[C@@H]1C[C@H](n2ccc(=O)[nH]c2=O)[C@H]1COC(=O)c1ccccc1)c1ccccc1. The topological polar surface area (TPSA) is 107 Å². The Morgan fingerprint density at radius 2 is 1.41 bits per heavy atom. The van der Waals surface area contributed by atoms with Crippen molar-refractivity contribution in [2.24, 2.45) is 11.8 Å². The van der Waals surface area contributed by atoms with Crippen molar-refractivity contribution in [3.63, 3.8) is 0 Å². The van der Waals surface area contributed by atoms with Gasteiger partial charge >= 0.3 is 17.6 Å². The van der Waals surface area contributed by atoms with Gasteiger partial charge in [-0.1, -0.05) is 36.4 Å². The number of aromatic amines is 1. The number of carbonyl (C=O) groups excluding carboxylic acids is 2. The van der Waals surface area contributed by atoms with Crippen molar-refractivity contribution in [1.82, 2.24) is 9.55 Å². The smallest absolute Gasteiger partial charge is 0.338 e. The van der Waals surface area contributed by atoms with Gasteiger partial charge in [0, 0.05) is 30.1 Å². The van der Waals surface area contributed by atoms with Crippen LogP contribution in [0.4, 0.5) is 0 Å². The normalized spacial score (nSPS) is 19.6. The summed E-state index contributed by atoms with van der Waals surface area (Å²) < 4.78 is 12.4. The third kappa shape index (κ3) is 4.69. The molecule has 1 aliphatic carbocycles. The number of H-pyrrole nitrogens is 1. The van der Waals surface area contributed by atoms with Gasteiger partial charge in [0.05, 0.1) is 24.3 Å². The van der Waals surface area contributed by atoms with E-state index in [-0.39, 0.29) is 31.1 Å². The van der Waals surface area contributed by atoms with Gasteiger partial charge < -0.3 is 9.47 Å². The molecule has 0 radical (unpaired) electrons. The van der Waals surface area contributed by atoms with Crippen LogP contribution in [0.15, 0.2) is 82.5 Å². The second-order valence-electron chi connectivity index (χ2n) is 7.67. The van der Waals surface area contributed by atoms with E-state index in [1.54, 1.807) is 54.6 Å². The molecule has 3 aromatic rings. The first-order valence-electron chi connectivity index (χ1n) is 10.3. The van der Waals surface area contributed by atoms with Crippen LogP contribution in [0.5, 0.6) is 0 Å². The maximum atomic E-state index is 12.4. The van der Waals surface area contributed by atoms with E-state index >= 15 is 0 Å². The number of ether oxygens (including phenoxy) is 2. The molecule has 1 heterocycles. The maximum Gasteiger partial charge on any atom is 0.338 e. The van der Waals surface area contributed by atoms with Crippen LogP contribution in [0, 0.1) is 11.8 Å². The Bertz CT molecular complexity index is 1200. The molecule has 2 aromatic carbocycles. The monoisotopic (exact) mass is 434 g/mol. The molecular weight excluding hydrogens is 412 g/mol. The van der Waals surface area contributed by atoms with E-state index in [1.165, 1.54) is 16.8 Å². The molecule has 0 bridgehead atoms. The molecule has 1 aliphatic rings.